The molecule has 1 aliphatic heterocycles. The molecule has 1 aliphatic carbocycles. The first kappa shape index (κ1) is 25.5. The summed E-state index contributed by atoms with van der Waals surface area (Å²) in [6.07, 6.45) is 1.63. The third-order valence-corrected chi connectivity index (χ3v) is 5.93. The van der Waals surface area contributed by atoms with Crippen LogP contribution in [-0.4, -0.2) is 62.6 Å². The Kier molecular flexibility index (Phi) is 9.61. The third kappa shape index (κ3) is 8.68. The lowest BCUT2D eigenvalue weighted by Crippen LogP contribution is -2.30. The predicted molar refractivity (Wildman–Crippen MR) is 108 cm³/mol. The van der Waals surface area contributed by atoms with Gasteiger partial charge in [-0.15, -0.1) is 0 Å². The quantitative estimate of drug-likeness (QED) is 0.262. The molecular formula is C19H32NO10P. The Morgan fingerprint density at radius 1 is 1.03 bits per heavy atom. The van der Waals surface area contributed by atoms with E-state index in [1.807, 2.05) is 13.1 Å². The highest BCUT2D eigenvalue weighted by atomic mass is 31.2. The summed E-state index contributed by atoms with van der Waals surface area (Å²) < 4.78 is 47.9. The largest absolute Gasteiger partial charge is 0.535 e. The molecule has 0 aromatic heterocycles. The van der Waals surface area contributed by atoms with Crippen LogP contribution in [0.5, 0.6) is 0 Å². The van der Waals surface area contributed by atoms with E-state index in [1.165, 1.54) is 0 Å². The first-order valence-electron chi connectivity index (χ1n) is 10.2. The number of phosphoric ester groups is 1. The van der Waals surface area contributed by atoms with Crippen LogP contribution in [0.4, 0.5) is 9.59 Å². The lowest BCUT2D eigenvalue weighted by atomic mass is 9.89. The second-order valence-corrected chi connectivity index (χ2v) is 9.44. The monoisotopic (exact) mass is 465 g/mol. The van der Waals surface area contributed by atoms with Crippen LogP contribution in [-0.2, 0) is 37.1 Å². The zero-order chi connectivity index (χ0) is 23.0. The number of likely N-dealkylation sites (N-methyl/N-ethyl adjacent to an activating group) is 1. The fourth-order valence-electron chi connectivity index (χ4n) is 3.27. The summed E-state index contributed by atoms with van der Waals surface area (Å²) >= 11 is 0. The minimum Gasteiger partial charge on any atom is -0.432 e. The van der Waals surface area contributed by atoms with Crippen molar-refractivity contribution in [2.75, 3.05) is 27.2 Å². The molecule has 2 rings (SSSR count). The highest BCUT2D eigenvalue weighted by Gasteiger charge is 2.37. The molecule has 0 amide bonds. The van der Waals surface area contributed by atoms with Crippen LogP contribution in [0.2, 0.25) is 0 Å². The summed E-state index contributed by atoms with van der Waals surface area (Å²) in [7, 11) is -2.26. The van der Waals surface area contributed by atoms with Crippen molar-refractivity contribution in [1.82, 2.24) is 4.90 Å². The van der Waals surface area contributed by atoms with Crippen molar-refractivity contribution in [3.8, 4) is 0 Å². The number of phosphoric acid groups is 1. The fraction of sp³-hybridized carbons (Fsp3) is 0.789. The van der Waals surface area contributed by atoms with Crippen LogP contribution < -0.4 is 0 Å². The Hall–Kier alpha value is -1.81. The number of rotatable bonds is 10. The van der Waals surface area contributed by atoms with Crippen LogP contribution >= 0.6 is 7.82 Å². The van der Waals surface area contributed by atoms with Gasteiger partial charge >= 0.3 is 20.1 Å². The summed E-state index contributed by atoms with van der Waals surface area (Å²) in [4.78, 5) is 25.2. The summed E-state index contributed by atoms with van der Waals surface area (Å²) in [6, 6.07) is 0.173. The van der Waals surface area contributed by atoms with Crippen molar-refractivity contribution in [2.24, 2.45) is 5.92 Å². The highest BCUT2D eigenvalue weighted by molar-refractivity contribution is 7.48. The second-order valence-electron chi connectivity index (χ2n) is 7.85. The van der Waals surface area contributed by atoms with Crippen LogP contribution in [0.15, 0.2) is 11.8 Å². The Morgan fingerprint density at radius 3 is 2.10 bits per heavy atom. The molecule has 2 atom stereocenters. The molecule has 0 saturated carbocycles. The van der Waals surface area contributed by atoms with Gasteiger partial charge in [-0.25, -0.2) is 23.2 Å². The van der Waals surface area contributed by atoms with E-state index < -0.39 is 45.9 Å². The van der Waals surface area contributed by atoms with Crippen molar-refractivity contribution in [3.05, 3.63) is 11.8 Å². The molecule has 178 valence electrons. The Morgan fingerprint density at radius 2 is 1.58 bits per heavy atom. The number of fused-ring (bicyclic) bond motifs is 1. The van der Waals surface area contributed by atoms with E-state index in [-0.39, 0.29) is 6.04 Å². The van der Waals surface area contributed by atoms with Gasteiger partial charge in [-0.05, 0) is 66.1 Å². The van der Waals surface area contributed by atoms with E-state index in [2.05, 4.69) is 4.90 Å². The zero-order valence-electron chi connectivity index (χ0n) is 18.6. The van der Waals surface area contributed by atoms with Crippen LogP contribution in [0.3, 0.4) is 0 Å². The highest BCUT2D eigenvalue weighted by Crippen LogP contribution is 2.53. The van der Waals surface area contributed by atoms with Crippen molar-refractivity contribution in [3.63, 3.8) is 0 Å². The summed E-state index contributed by atoms with van der Waals surface area (Å²) in [5, 5.41) is 0. The molecule has 1 heterocycles. The first-order valence-corrected chi connectivity index (χ1v) is 11.7. The lowest BCUT2D eigenvalue weighted by Gasteiger charge is -2.29. The SMILES string of the molecule is CC(C)OC(=O)OCOP(=O)(OCOC(=O)OC(C)C)OC1=CC2C(CC1)CCN2C. The number of carbonyl (C=O) groups is 2. The standard InChI is InChI=1S/C19H32NO10P/c1-13(2)28-18(21)24-11-26-31(23,27-12-25-19(22)29-14(3)4)30-16-7-6-15-8-9-20(5)17(15)10-16/h10,13-15,17H,6-9,11-12H2,1-5H3. The van der Waals surface area contributed by atoms with Gasteiger partial charge in [0.1, 0.15) is 5.76 Å². The van der Waals surface area contributed by atoms with E-state index in [0.29, 0.717) is 18.1 Å². The van der Waals surface area contributed by atoms with Gasteiger partial charge in [-0.2, -0.15) is 0 Å². The van der Waals surface area contributed by atoms with Gasteiger partial charge in [-0.3, -0.25) is 4.90 Å². The Labute approximate surface area is 182 Å². The summed E-state index contributed by atoms with van der Waals surface area (Å²) in [5.41, 5.74) is 0. The van der Waals surface area contributed by atoms with Crippen LogP contribution in [0, 0.1) is 5.92 Å². The van der Waals surface area contributed by atoms with Crippen molar-refractivity contribution in [2.45, 2.75) is 65.2 Å². The normalized spacial score (nSPS) is 21.5. The lowest BCUT2D eigenvalue weighted by molar-refractivity contribution is -0.0426. The maximum atomic E-state index is 13.1. The van der Waals surface area contributed by atoms with Gasteiger partial charge in [0.05, 0.1) is 12.2 Å². The topological polar surface area (TPSA) is 119 Å². The van der Waals surface area contributed by atoms with Gasteiger partial charge in [0.25, 0.3) is 0 Å². The number of ether oxygens (including phenoxy) is 4. The summed E-state index contributed by atoms with van der Waals surface area (Å²) in [5.74, 6) is 0.953. The zero-order valence-corrected chi connectivity index (χ0v) is 19.5. The fourth-order valence-corrected chi connectivity index (χ4v) is 4.25. The molecule has 2 unspecified atom stereocenters. The third-order valence-electron chi connectivity index (χ3n) is 4.63. The summed E-state index contributed by atoms with van der Waals surface area (Å²) in [6.45, 7) is 6.09. The molecule has 0 spiro atoms. The Bertz CT molecular complexity index is 663. The minimum atomic E-state index is -4.28. The molecule has 12 heteroatoms. The smallest absolute Gasteiger partial charge is 0.432 e. The number of likely N-dealkylation sites (tertiary alicyclic amines) is 1. The molecule has 2 aliphatic rings. The van der Waals surface area contributed by atoms with Gasteiger partial charge in [-0.1, -0.05) is 0 Å². The molecule has 0 bridgehead atoms. The second kappa shape index (κ2) is 11.7. The number of nitrogens with zero attached hydrogens (tertiary/aromatic N) is 1. The van der Waals surface area contributed by atoms with E-state index in [4.69, 9.17) is 32.5 Å². The molecule has 11 nitrogen and oxygen atoms in total. The van der Waals surface area contributed by atoms with E-state index in [9.17, 15) is 14.2 Å². The molecule has 1 fully saturated rings. The minimum absolute atomic E-state index is 0.173. The Balaban J connectivity index is 1.97. The number of allylic oxidation sites excluding steroid dienone is 1. The van der Waals surface area contributed by atoms with Crippen molar-refractivity contribution >= 4 is 20.1 Å². The van der Waals surface area contributed by atoms with Crippen molar-refractivity contribution < 1.29 is 46.7 Å². The average Bonchev–Trinajstić information content (AvgIpc) is 3.01. The van der Waals surface area contributed by atoms with Gasteiger partial charge in [0.15, 0.2) is 0 Å². The molecule has 0 radical (unpaired) electrons. The predicted octanol–water partition coefficient (Wildman–Crippen LogP) is 4.18. The number of hydrogen-bond acceptors (Lipinski definition) is 11. The maximum absolute atomic E-state index is 13.1. The van der Waals surface area contributed by atoms with E-state index >= 15 is 0 Å². The molecule has 0 aromatic carbocycles. The molecular weight excluding hydrogens is 433 g/mol. The molecule has 1 saturated heterocycles. The number of carbonyl (C=O) groups excluding carboxylic acids is 2. The van der Waals surface area contributed by atoms with Gasteiger partial charge < -0.3 is 23.5 Å². The average molecular weight is 465 g/mol. The maximum Gasteiger partial charge on any atom is 0.535 e. The molecule has 31 heavy (non-hydrogen) atoms. The van der Waals surface area contributed by atoms with Gasteiger partial charge in [0.2, 0.25) is 13.6 Å². The van der Waals surface area contributed by atoms with Crippen LogP contribution in [0.25, 0.3) is 0 Å². The number of hydrogen-bond donors (Lipinski definition) is 0. The van der Waals surface area contributed by atoms with Crippen molar-refractivity contribution in [1.29, 1.82) is 0 Å². The molecule has 0 aromatic rings. The van der Waals surface area contributed by atoms with Crippen LogP contribution in [0.1, 0.15) is 47.0 Å². The molecule has 0 N–H and O–H groups in total. The van der Waals surface area contributed by atoms with E-state index in [0.717, 1.165) is 19.4 Å². The van der Waals surface area contributed by atoms with E-state index in [1.54, 1.807) is 27.7 Å². The first-order chi connectivity index (χ1) is 14.6. The van der Waals surface area contributed by atoms with Gasteiger partial charge in [0, 0.05) is 12.5 Å².